The summed E-state index contributed by atoms with van der Waals surface area (Å²) in [7, 11) is 0. The second kappa shape index (κ2) is 5.29. The molecule has 0 fully saturated rings. The molecule has 1 amide bonds. The van der Waals surface area contributed by atoms with Crippen LogP contribution in [-0.2, 0) is 16.0 Å². The topological polar surface area (TPSA) is 66.8 Å². The number of aliphatic carboxylic acids is 1. The maximum atomic E-state index is 14.0. The van der Waals surface area contributed by atoms with Crippen molar-refractivity contribution in [3.8, 4) is 0 Å². The Bertz CT molecular complexity index is 612. The van der Waals surface area contributed by atoms with E-state index in [9.17, 15) is 19.1 Å². The predicted molar refractivity (Wildman–Crippen MR) is 77.9 cm³/mol. The summed E-state index contributed by atoms with van der Waals surface area (Å²) in [5.74, 6) is -1.75. The van der Waals surface area contributed by atoms with Gasteiger partial charge in [0.1, 0.15) is 17.5 Å². The van der Waals surface area contributed by atoms with Gasteiger partial charge >= 0.3 is 12.1 Å². The van der Waals surface area contributed by atoms with Gasteiger partial charge in [-0.1, -0.05) is 15.9 Å². The number of carbonyl (C=O) groups excluding carboxylic acids is 1. The Morgan fingerprint density at radius 2 is 2.05 bits per heavy atom. The molecule has 0 radical (unpaired) electrons. The van der Waals surface area contributed by atoms with Crippen molar-refractivity contribution in [3.63, 3.8) is 0 Å². The molecule has 1 aliphatic heterocycles. The standard InChI is InChI=1S/C14H15BrFNO4/c1-14(2,3)21-13(20)17-10-5-7(15)4-9(16)8(10)6-11(17)12(18)19/h4-5,11H,6H2,1-3H3,(H,18,19). The molecule has 114 valence electrons. The number of hydrogen-bond acceptors (Lipinski definition) is 3. The second-order valence-electron chi connectivity index (χ2n) is 5.79. The molecular weight excluding hydrogens is 345 g/mol. The van der Waals surface area contributed by atoms with Crippen molar-refractivity contribution in [2.24, 2.45) is 0 Å². The van der Waals surface area contributed by atoms with E-state index in [2.05, 4.69) is 15.9 Å². The average molecular weight is 360 g/mol. The molecule has 1 aromatic carbocycles. The van der Waals surface area contributed by atoms with Gasteiger partial charge in [-0.2, -0.15) is 0 Å². The van der Waals surface area contributed by atoms with Crippen LogP contribution in [0.3, 0.4) is 0 Å². The number of anilines is 1. The first-order valence-electron chi connectivity index (χ1n) is 6.33. The lowest BCUT2D eigenvalue weighted by molar-refractivity contribution is -0.138. The monoisotopic (exact) mass is 359 g/mol. The zero-order chi connectivity index (χ0) is 15.9. The van der Waals surface area contributed by atoms with Gasteiger partial charge < -0.3 is 9.84 Å². The van der Waals surface area contributed by atoms with Crippen LogP contribution in [-0.4, -0.2) is 28.8 Å². The molecule has 5 nitrogen and oxygen atoms in total. The summed E-state index contributed by atoms with van der Waals surface area (Å²) in [6, 6.07) is 1.60. The molecule has 1 N–H and O–H groups in total. The molecular formula is C14H15BrFNO4. The van der Waals surface area contributed by atoms with E-state index in [0.717, 1.165) is 4.90 Å². The second-order valence-corrected chi connectivity index (χ2v) is 6.71. The van der Waals surface area contributed by atoms with Gasteiger partial charge in [0.25, 0.3) is 0 Å². The predicted octanol–water partition coefficient (Wildman–Crippen LogP) is 3.34. The van der Waals surface area contributed by atoms with Crippen LogP contribution < -0.4 is 4.90 Å². The lowest BCUT2D eigenvalue weighted by Crippen LogP contribution is -2.45. The third-order valence-electron chi connectivity index (χ3n) is 2.98. The van der Waals surface area contributed by atoms with E-state index in [1.165, 1.54) is 12.1 Å². The Morgan fingerprint density at radius 1 is 1.43 bits per heavy atom. The van der Waals surface area contributed by atoms with E-state index in [1.54, 1.807) is 20.8 Å². The quantitative estimate of drug-likeness (QED) is 0.834. The molecule has 1 aliphatic rings. The smallest absolute Gasteiger partial charge is 0.415 e. The molecule has 7 heteroatoms. The van der Waals surface area contributed by atoms with E-state index < -0.39 is 29.5 Å². The van der Waals surface area contributed by atoms with Crippen molar-refractivity contribution < 1.29 is 23.8 Å². The molecule has 1 heterocycles. The minimum absolute atomic E-state index is 0.0803. The number of halogens is 2. The van der Waals surface area contributed by atoms with Gasteiger partial charge in [-0.3, -0.25) is 4.90 Å². The van der Waals surface area contributed by atoms with Crippen molar-refractivity contribution in [1.82, 2.24) is 0 Å². The molecule has 1 atom stereocenters. The zero-order valence-corrected chi connectivity index (χ0v) is 13.4. The maximum Gasteiger partial charge on any atom is 0.415 e. The Kier molecular flexibility index (Phi) is 3.97. The molecule has 2 rings (SSSR count). The fraction of sp³-hybridized carbons (Fsp3) is 0.429. The van der Waals surface area contributed by atoms with Crippen LogP contribution in [0.25, 0.3) is 0 Å². The van der Waals surface area contributed by atoms with E-state index in [4.69, 9.17) is 4.74 Å². The minimum atomic E-state index is -1.20. The minimum Gasteiger partial charge on any atom is -0.480 e. The van der Waals surface area contributed by atoms with Crippen molar-refractivity contribution in [2.45, 2.75) is 38.8 Å². The highest BCUT2D eigenvalue weighted by atomic mass is 79.9. The van der Waals surface area contributed by atoms with Crippen molar-refractivity contribution >= 4 is 33.7 Å². The Hall–Kier alpha value is -1.63. The first-order chi connectivity index (χ1) is 9.60. The Balaban J connectivity index is 2.47. The highest BCUT2D eigenvalue weighted by molar-refractivity contribution is 9.10. The Morgan fingerprint density at radius 3 is 2.57 bits per heavy atom. The summed E-state index contributed by atoms with van der Waals surface area (Å²) in [4.78, 5) is 24.6. The summed E-state index contributed by atoms with van der Waals surface area (Å²) in [6.07, 6.45) is -0.880. The van der Waals surface area contributed by atoms with Crippen molar-refractivity contribution in [2.75, 3.05) is 4.90 Å². The van der Waals surface area contributed by atoms with Crippen LogP contribution in [0.5, 0.6) is 0 Å². The first kappa shape index (κ1) is 15.8. The molecule has 0 aromatic heterocycles. The molecule has 0 saturated heterocycles. The van der Waals surface area contributed by atoms with Gasteiger partial charge in [-0.05, 0) is 32.9 Å². The zero-order valence-electron chi connectivity index (χ0n) is 11.8. The number of ether oxygens (including phenoxy) is 1. The summed E-state index contributed by atoms with van der Waals surface area (Å²) in [5, 5.41) is 9.28. The van der Waals surface area contributed by atoms with Crippen LogP contribution in [0.4, 0.5) is 14.9 Å². The van der Waals surface area contributed by atoms with Crippen molar-refractivity contribution in [1.29, 1.82) is 0 Å². The van der Waals surface area contributed by atoms with E-state index in [0.29, 0.717) is 4.47 Å². The highest BCUT2D eigenvalue weighted by Gasteiger charge is 2.42. The number of nitrogens with zero attached hydrogens (tertiary/aromatic N) is 1. The molecule has 1 aromatic rings. The highest BCUT2D eigenvalue weighted by Crippen LogP contribution is 2.37. The van der Waals surface area contributed by atoms with Crippen LogP contribution >= 0.6 is 15.9 Å². The van der Waals surface area contributed by atoms with E-state index >= 15 is 0 Å². The first-order valence-corrected chi connectivity index (χ1v) is 7.12. The SMILES string of the molecule is CC(C)(C)OC(=O)N1c2cc(Br)cc(F)c2CC1C(=O)O. The van der Waals surface area contributed by atoms with Gasteiger partial charge in [-0.25, -0.2) is 14.0 Å². The van der Waals surface area contributed by atoms with Gasteiger partial charge in [0.2, 0.25) is 0 Å². The molecule has 0 aliphatic carbocycles. The third-order valence-corrected chi connectivity index (χ3v) is 3.44. The third kappa shape index (κ3) is 3.18. The summed E-state index contributed by atoms with van der Waals surface area (Å²) in [5.41, 5.74) is -0.340. The normalized spacial score (nSPS) is 17.6. The average Bonchev–Trinajstić information content (AvgIpc) is 2.66. The number of hydrogen-bond donors (Lipinski definition) is 1. The van der Waals surface area contributed by atoms with E-state index in [1.807, 2.05) is 0 Å². The van der Waals surface area contributed by atoms with Gasteiger partial charge in [0.15, 0.2) is 0 Å². The summed E-state index contributed by atoms with van der Waals surface area (Å²) >= 11 is 3.14. The number of fused-ring (bicyclic) bond motifs is 1. The van der Waals surface area contributed by atoms with Crippen LogP contribution in [0.15, 0.2) is 16.6 Å². The summed E-state index contributed by atoms with van der Waals surface area (Å²) in [6.45, 7) is 5.04. The fourth-order valence-electron chi connectivity index (χ4n) is 2.19. The lowest BCUT2D eigenvalue weighted by atomic mass is 10.1. The molecule has 0 bridgehead atoms. The number of amides is 1. The number of benzene rings is 1. The molecule has 1 unspecified atom stereocenters. The fourth-order valence-corrected chi connectivity index (χ4v) is 2.61. The van der Waals surface area contributed by atoms with Gasteiger partial charge in [-0.15, -0.1) is 0 Å². The van der Waals surface area contributed by atoms with Gasteiger partial charge in [0, 0.05) is 16.5 Å². The van der Waals surface area contributed by atoms with Crippen LogP contribution in [0, 0.1) is 5.82 Å². The lowest BCUT2D eigenvalue weighted by Gasteiger charge is -2.27. The number of carboxylic acid groups (broad SMARTS) is 1. The van der Waals surface area contributed by atoms with Crippen LogP contribution in [0.2, 0.25) is 0 Å². The summed E-state index contributed by atoms with van der Waals surface area (Å²) < 4.78 is 19.6. The molecule has 0 spiro atoms. The van der Waals surface area contributed by atoms with Crippen molar-refractivity contribution in [3.05, 3.63) is 28.0 Å². The largest absolute Gasteiger partial charge is 0.480 e. The van der Waals surface area contributed by atoms with E-state index in [-0.39, 0.29) is 17.7 Å². The molecule has 21 heavy (non-hydrogen) atoms. The maximum absolute atomic E-state index is 14.0. The number of carboxylic acids is 1. The Labute approximate surface area is 129 Å². The number of carbonyl (C=O) groups is 2. The van der Waals surface area contributed by atoms with Crippen LogP contribution in [0.1, 0.15) is 26.3 Å². The number of rotatable bonds is 1. The van der Waals surface area contributed by atoms with Gasteiger partial charge in [0.05, 0.1) is 5.69 Å². The molecule has 0 saturated carbocycles.